The largest absolute Gasteiger partial charge is 0.373 e. The van der Waals surface area contributed by atoms with E-state index in [0.29, 0.717) is 5.92 Å². The number of hydrogen-bond acceptors (Lipinski definition) is 2. The first-order valence-electron chi connectivity index (χ1n) is 7.01. The van der Waals surface area contributed by atoms with Gasteiger partial charge in [0.15, 0.2) is 0 Å². The summed E-state index contributed by atoms with van der Waals surface area (Å²) in [6.45, 7) is 10.1. The van der Waals surface area contributed by atoms with Crippen LogP contribution in [0.3, 0.4) is 0 Å². The average molecular weight is 263 g/mol. The number of methoxy groups -OCH3 is 1. The van der Waals surface area contributed by atoms with Crippen LogP contribution in [0.25, 0.3) is 0 Å². The number of benzene rings is 1. The first-order chi connectivity index (χ1) is 8.75. The van der Waals surface area contributed by atoms with E-state index in [1.165, 1.54) is 5.56 Å². The second-order valence-corrected chi connectivity index (χ2v) is 6.72. The van der Waals surface area contributed by atoms with Crippen molar-refractivity contribution in [3.05, 3.63) is 35.9 Å². The molecule has 0 aromatic heterocycles. The molecular formula is C17H29NO. The summed E-state index contributed by atoms with van der Waals surface area (Å²) in [5.41, 5.74) is 1.01. The molecule has 0 aliphatic heterocycles. The predicted octanol–water partition coefficient (Wildman–Crippen LogP) is 3.77. The molecule has 0 fully saturated rings. The molecule has 0 saturated heterocycles. The Bertz CT molecular complexity index is 380. The Morgan fingerprint density at radius 3 is 2.00 bits per heavy atom. The minimum atomic E-state index is -0.279. The van der Waals surface area contributed by atoms with E-state index in [2.05, 4.69) is 77.0 Å². The maximum Gasteiger partial charge on any atom is 0.101 e. The van der Waals surface area contributed by atoms with Crippen molar-refractivity contribution in [3.8, 4) is 0 Å². The molecule has 0 spiro atoms. The molecule has 0 saturated carbocycles. The highest BCUT2D eigenvalue weighted by Crippen LogP contribution is 2.47. The van der Waals surface area contributed by atoms with Crippen LogP contribution in [-0.4, -0.2) is 32.6 Å². The van der Waals surface area contributed by atoms with Crippen molar-refractivity contribution < 1.29 is 4.74 Å². The van der Waals surface area contributed by atoms with Crippen molar-refractivity contribution in [2.75, 3.05) is 27.7 Å². The normalized spacial score (nSPS) is 17.3. The molecule has 0 bridgehead atoms. The van der Waals surface area contributed by atoms with Crippen LogP contribution in [0.15, 0.2) is 30.3 Å². The first-order valence-corrected chi connectivity index (χ1v) is 7.01. The quantitative estimate of drug-likeness (QED) is 0.802. The van der Waals surface area contributed by atoms with E-state index >= 15 is 0 Å². The van der Waals surface area contributed by atoms with Crippen LogP contribution in [0.4, 0.5) is 0 Å². The highest BCUT2D eigenvalue weighted by atomic mass is 16.5. The standard InChI is InChI=1S/C17H29NO/c1-14(13-18(5)6)17(19-7,16(2,3)4)15-11-9-8-10-12-15/h8-12,14H,13H2,1-7H3/t14-,17-/m1/s1. The third-order valence-corrected chi connectivity index (χ3v) is 3.97. The zero-order valence-corrected chi connectivity index (χ0v) is 13.5. The van der Waals surface area contributed by atoms with E-state index in [0.717, 1.165) is 6.54 Å². The van der Waals surface area contributed by atoms with E-state index in [-0.39, 0.29) is 11.0 Å². The topological polar surface area (TPSA) is 12.5 Å². The predicted molar refractivity (Wildman–Crippen MR) is 82.3 cm³/mol. The Morgan fingerprint density at radius 2 is 1.63 bits per heavy atom. The lowest BCUT2D eigenvalue weighted by Crippen LogP contribution is -2.50. The third kappa shape index (κ3) is 3.18. The van der Waals surface area contributed by atoms with E-state index < -0.39 is 0 Å². The molecule has 0 N–H and O–H groups in total. The van der Waals surface area contributed by atoms with Gasteiger partial charge in [0.2, 0.25) is 0 Å². The zero-order valence-electron chi connectivity index (χ0n) is 13.5. The molecule has 1 aromatic carbocycles. The van der Waals surface area contributed by atoms with Crippen LogP contribution in [-0.2, 0) is 10.3 Å². The summed E-state index contributed by atoms with van der Waals surface area (Å²) in [6.07, 6.45) is 0. The van der Waals surface area contributed by atoms with Gasteiger partial charge < -0.3 is 9.64 Å². The Balaban J connectivity index is 3.32. The van der Waals surface area contributed by atoms with Crippen molar-refractivity contribution in [1.29, 1.82) is 0 Å². The summed E-state index contributed by atoms with van der Waals surface area (Å²) < 4.78 is 6.12. The molecule has 108 valence electrons. The number of nitrogens with zero attached hydrogens (tertiary/aromatic N) is 1. The summed E-state index contributed by atoms with van der Waals surface area (Å²) in [4.78, 5) is 2.23. The molecule has 0 unspecified atom stereocenters. The third-order valence-electron chi connectivity index (χ3n) is 3.97. The van der Waals surface area contributed by atoms with Gasteiger partial charge >= 0.3 is 0 Å². The van der Waals surface area contributed by atoms with Gasteiger partial charge in [0.1, 0.15) is 5.60 Å². The lowest BCUT2D eigenvalue weighted by atomic mass is 9.65. The highest BCUT2D eigenvalue weighted by Gasteiger charge is 2.48. The number of hydrogen-bond donors (Lipinski definition) is 0. The van der Waals surface area contributed by atoms with Gasteiger partial charge in [-0.15, -0.1) is 0 Å². The smallest absolute Gasteiger partial charge is 0.101 e. The molecule has 1 aromatic rings. The molecule has 1 rings (SSSR count). The van der Waals surface area contributed by atoms with E-state index in [9.17, 15) is 0 Å². The summed E-state index contributed by atoms with van der Waals surface area (Å²) in [7, 11) is 6.07. The van der Waals surface area contributed by atoms with Gasteiger partial charge in [0.25, 0.3) is 0 Å². The van der Waals surface area contributed by atoms with E-state index in [4.69, 9.17) is 4.74 Å². The number of ether oxygens (including phenoxy) is 1. The Hall–Kier alpha value is -0.860. The van der Waals surface area contributed by atoms with E-state index in [1.807, 2.05) is 7.11 Å². The minimum Gasteiger partial charge on any atom is -0.373 e. The minimum absolute atomic E-state index is 0.0263. The maximum absolute atomic E-state index is 6.12. The molecule has 2 nitrogen and oxygen atoms in total. The Kier molecular flexibility index (Phi) is 5.17. The Labute approximate surface area is 118 Å². The van der Waals surface area contributed by atoms with Gasteiger partial charge in [0.05, 0.1) is 0 Å². The van der Waals surface area contributed by atoms with Gasteiger partial charge in [-0.1, -0.05) is 58.0 Å². The van der Waals surface area contributed by atoms with Crippen molar-refractivity contribution >= 4 is 0 Å². The van der Waals surface area contributed by atoms with E-state index in [1.54, 1.807) is 0 Å². The van der Waals surface area contributed by atoms with Crippen molar-refractivity contribution in [2.24, 2.45) is 11.3 Å². The second kappa shape index (κ2) is 6.06. The van der Waals surface area contributed by atoms with Gasteiger partial charge in [-0.05, 0) is 25.1 Å². The molecule has 0 radical (unpaired) electrons. The fourth-order valence-electron chi connectivity index (χ4n) is 3.44. The maximum atomic E-state index is 6.12. The van der Waals surface area contributed by atoms with Crippen molar-refractivity contribution in [2.45, 2.75) is 33.3 Å². The molecule has 2 heteroatoms. The summed E-state index contributed by atoms with van der Waals surface area (Å²) in [6, 6.07) is 10.6. The van der Waals surface area contributed by atoms with Crippen LogP contribution >= 0.6 is 0 Å². The fraction of sp³-hybridized carbons (Fsp3) is 0.647. The highest BCUT2D eigenvalue weighted by molar-refractivity contribution is 5.26. The van der Waals surface area contributed by atoms with Crippen LogP contribution in [0.1, 0.15) is 33.3 Å². The van der Waals surface area contributed by atoms with Crippen LogP contribution in [0, 0.1) is 11.3 Å². The Morgan fingerprint density at radius 1 is 1.11 bits per heavy atom. The fourth-order valence-corrected chi connectivity index (χ4v) is 3.44. The lowest BCUT2D eigenvalue weighted by molar-refractivity contribution is -0.140. The van der Waals surface area contributed by atoms with Gasteiger partial charge in [0, 0.05) is 19.6 Å². The van der Waals surface area contributed by atoms with Crippen LogP contribution in [0.2, 0.25) is 0 Å². The second-order valence-electron chi connectivity index (χ2n) is 6.72. The lowest BCUT2D eigenvalue weighted by Gasteiger charge is -2.49. The molecule has 2 atom stereocenters. The van der Waals surface area contributed by atoms with Crippen molar-refractivity contribution in [1.82, 2.24) is 4.90 Å². The molecule has 0 amide bonds. The van der Waals surface area contributed by atoms with Gasteiger partial charge in [-0.3, -0.25) is 0 Å². The summed E-state index contributed by atoms with van der Waals surface area (Å²) >= 11 is 0. The molecule has 0 heterocycles. The molecular weight excluding hydrogens is 234 g/mol. The summed E-state index contributed by atoms with van der Waals surface area (Å²) in [5.74, 6) is 0.398. The molecule has 0 aliphatic carbocycles. The van der Waals surface area contributed by atoms with Crippen LogP contribution in [0.5, 0.6) is 0 Å². The number of rotatable bonds is 5. The first kappa shape index (κ1) is 16.2. The summed E-state index contributed by atoms with van der Waals surface area (Å²) in [5, 5.41) is 0. The molecule has 0 aliphatic rings. The SMILES string of the molecule is CO[C@@](c1ccccc1)([C@H](C)CN(C)C)C(C)(C)C. The monoisotopic (exact) mass is 263 g/mol. The average Bonchev–Trinajstić information content (AvgIpc) is 2.29. The molecule has 19 heavy (non-hydrogen) atoms. The zero-order chi connectivity index (χ0) is 14.7. The van der Waals surface area contributed by atoms with Crippen molar-refractivity contribution in [3.63, 3.8) is 0 Å². The van der Waals surface area contributed by atoms with Crippen LogP contribution < -0.4 is 0 Å². The van der Waals surface area contributed by atoms with Gasteiger partial charge in [-0.2, -0.15) is 0 Å². The van der Waals surface area contributed by atoms with Gasteiger partial charge in [-0.25, -0.2) is 0 Å².